The van der Waals surface area contributed by atoms with Crippen molar-refractivity contribution >= 4 is 46.4 Å². The van der Waals surface area contributed by atoms with E-state index in [0.29, 0.717) is 38.5 Å². The van der Waals surface area contributed by atoms with Crippen LogP contribution < -0.4 is 20.1 Å². The van der Waals surface area contributed by atoms with Gasteiger partial charge in [0.25, 0.3) is 0 Å². The predicted octanol–water partition coefficient (Wildman–Crippen LogP) is 4.62. The number of amides is 2. The number of ether oxygens (including phenoxy) is 2. The molecule has 190 valence electrons. The number of anilines is 2. The third-order valence-corrected chi connectivity index (χ3v) is 5.81. The van der Waals surface area contributed by atoms with Crippen LogP contribution in [0.15, 0.2) is 66.7 Å². The van der Waals surface area contributed by atoms with Crippen molar-refractivity contribution in [2.75, 3.05) is 44.5 Å². The smallest absolute Gasteiger partial charge is 0.238 e. The largest absolute Gasteiger partial charge is 0.495 e. The SMILES string of the molecule is COc1ccc(NC(=O)CN(CC(=O)Nc2ccc(OC)c(Cl)c2)C[C@@H](O)c2ccccc2)cc1Cl. The van der Waals surface area contributed by atoms with Crippen molar-refractivity contribution in [3.8, 4) is 11.5 Å². The number of hydrogen-bond acceptors (Lipinski definition) is 6. The molecule has 0 unspecified atom stereocenters. The Morgan fingerprint density at radius 2 is 1.31 bits per heavy atom. The van der Waals surface area contributed by atoms with Crippen LogP contribution in [-0.2, 0) is 9.59 Å². The topological polar surface area (TPSA) is 100 Å². The summed E-state index contributed by atoms with van der Waals surface area (Å²) in [5.74, 6) is 0.212. The van der Waals surface area contributed by atoms with Crippen molar-refractivity contribution in [1.29, 1.82) is 0 Å². The van der Waals surface area contributed by atoms with E-state index in [1.807, 2.05) is 18.2 Å². The maximum absolute atomic E-state index is 12.8. The average Bonchev–Trinajstić information content (AvgIpc) is 2.84. The first-order valence-electron chi connectivity index (χ1n) is 11.0. The molecule has 1 atom stereocenters. The van der Waals surface area contributed by atoms with Crippen LogP contribution in [0, 0.1) is 0 Å². The lowest BCUT2D eigenvalue weighted by atomic mass is 10.1. The molecular weight excluding hydrogens is 505 g/mol. The average molecular weight is 532 g/mol. The zero-order valence-electron chi connectivity index (χ0n) is 19.8. The van der Waals surface area contributed by atoms with E-state index in [-0.39, 0.29) is 31.4 Å². The summed E-state index contributed by atoms with van der Waals surface area (Å²) in [6.07, 6.45) is -0.905. The van der Waals surface area contributed by atoms with E-state index in [1.165, 1.54) is 14.2 Å². The number of nitrogens with zero attached hydrogens (tertiary/aromatic N) is 1. The highest BCUT2D eigenvalue weighted by Gasteiger charge is 2.20. The summed E-state index contributed by atoms with van der Waals surface area (Å²) in [7, 11) is 3.00. The van der Waals surface area contributed by atoms with Crippen LogP contribution in [0.4, 0.5) is 11.4 Å². The van der Waals surface area contributed by atoms with E-state index in [1.54, 1.807) is 53.4 Å². The molecule has 3 rings (SSSR count). The van der Waals surface area contributed by atoms with Crippen molar-refractivity contribution in [3.05, 3.63) is 82.3 Å². The molecule has 2 amide bonds. The van der Waals surface area contributed by atoms with Gasteiger partial charge in [0.2, 0.25) is 11.8 Å². The number of benzene rings is 3. The molecule has 0 aliphatic heterocycles. The number of carbonyl (C=O) groups excluding carboxylic acids is 2. The normalized spacial score (nSPS) is 11.6. The molecule has 0 bridgehead atoms. The second-order valence-electron chi connectivity index (χ2n) is 7.89. The molecule has 3 aromatic carbocycles. The Balaban J connectivity index is 1.70. The van der Waals surface area contributed by atoms with Gasteiger partial charge >= 0.3 is 0 Å². The van der Waals surface area contributed by atoms with E-state index < -0.39 is 6.10 Å². The highest BCUT2D eigenvalue weighted by molar-refractivity contribution is 6.32. The molecule has 0 saturated carbocycles. The summed E-state index contributed by atoms with van der Waals surface area (Å²) < 4.78 is 10.3. The number of methoxy groups -OCH3 is 2. The molecule has 0 aromatic heterocycles. The fraction of sp³-hybridized carbons (Fsp3) is 0.231. The minimum Gasteiger partial charge on any atom is -0.495 e. The Morgan fingerprint density at radius 1 is 0.833 bits per heavy atom. The minimum absolute atomic E-state index is 0.0532. The van der Waals surface area contributed by atoms with E-state index in [0.717, 1.165) is 0 Å². The first kappa shape index (κ1) is 27.3. The Morgan fingerprint density at radius 3 is 1.72 bits per heavy atom. The summed E-state index contributed by atoms with van der Waals surface area (Å²) in [5.41, 5.74) is 1.63. The molecule has 8 nitrogen and oxygen atoms in total. The van der Waals surface area contributed by atoms with E-state index in [9.17, 15) is 14.7 Å². The summed E-state index contributed by atoms with van der Waals surface area (Å²) in [4.78, 5) is 27.1. The second-order valence-corrected chi connectivity index (χ2v) is 8.71. The molecule has 0 aliphatic carbocycles. The van der Waals surface area contributed by atoms with Gasteiger partial charge in [-0.1, -0.05) is 53.5 Å². The highest BCUT2D eigenvalue weighted by atomic mass is 35.5. The van der Waals surface area contributed by atoms with Crippen LogP contribution >= 0.6 is 23.2 Å². The zero-order valence-corrected chi connectivity index (χ0v) is 21.3. The Labute approximate surface area is 219 Å². The molecule has 0 heterocycles. The van der Waals surface area contributed by atoms with Gasteiger partial charge in [-0.25, -0.2) is 0 Å². The highest BCUT2D eigenvalue weighted by Crippen LogP contribution is 2.28. The van der Waals surface area contributed by atoms with Gasteiger partial charge in [0.1, 0.15) is 11.5 Å². The molecule has 0 spiro atoms. The van der Waals surface area contributed by atoms with Crippen LogP contribution in [0.2, 0.25) is 10.0 Å². The van der Waals surface area contributed by atoms with Crippen molar-refractivity contribution in [2.24, 2.45) is 0 Å². The Kier molecular flexibility index (Phi) is 9.95. The van der Waals surface area contributed by atoms with Crippen LogP contribution in [0.1, 0.15) is 11.7 Å². The third kappa shape index (κ3) is 7.86. The van der Waals surface area contributed by atoms with Gasteiger partial charge < -0.3 is 25.2 Å². The predicted molar refractivity (Wildman–Crippen MR) is 141 cm³/mol. The first-order valence-corrected chi connectivity index (χ1v) is 11.8. The van der Waals surface area contributed by atoms with Gasteiger partial charge in [-0.2, -0.15) is 0 Å². The standard InChI is InChI=1S/C26H27Cl2N3O5/c1-35-23-10-8-18(12-20(23)27)29-25(33)15-31(14-22(32)17-6-4-3-5-7-17)16-26(34)30-19-9-11-24(36-2)21(28)13-19/h3-13,22,32H,14-16H2,1-2H3,(H,29,33)(H,30,34)/t22-/m1/s1. The number of hydrogen-bond donors (Lipinski definition) is 3. The number of nitrogens with one attached hydrogen (secondary N) is 2. The second kappa shape index (κ2) is 13.1. The monoisotopic (exact) mass is 531 g/mol. The van der Waals surface area contributed by atoms with E-state index >= 15 is 0 Å². The minimum atomic E-state index is -0.905. The Bertz CT molecular complexity index is 1120. The maximum Gasteiger partial charge on any atom is 0.238 e. The molecule has 0 radical (unpaired) electrons. The van der Waals surface area contributed by atoms with Crippen LogP contribution in [0.5, 0.6) is 11.5 Å². The van der Waals surface area contributed by atoms with Gasteiger partial charge in [-0.05, 0) is 42.0 Å². The molecule has 36 heavy (non-hydrogen) atoms. The van der Waals surface area contributed by atoms with E-state index in [4.69, 9.17) is 32.7 Å². The number of halogens is 2. The number of carbonyl (C=O) groups is 2. The molecule has 0 aliphatic rings. The van der Waals surface area contributed by atoms with Crippen LogP contribution in [0.25, 0.3) is 0 Å². The summed E-state index contributed by atoms with van der Waals surface area (Å²) >= 11 is 12.3. The number of aliphatic hydroxyl groups is 1. The van der Waals surface area contributed by atoms with Crippen molar-refractivity contribution in [3.63, 3.8) is 0 Å². The first-order chi connectivity index (χ1) is 17.3. The van der Waals surface area contributed by atoms with Crippen molar-refractivity contribution in [2.45, 2.75) is 6.10 Å². The van der Waals surface area contributed by atoms with Crippen molar-refractivity contribution in [1.82, 2.24) is 4.90 Å². The molecule has 10 heteroatoms. The molecular formula is C26H27Cl2N3O5. The lowest BCUT2D eigenvalue weighted by molar-refractivity contribution is -0.120. The fourth-order valence-electron chi connectivity index (χ4n) is 3.51. The Hall–Kier alpha value is -3.30. The van der Waals surface area contributed by atoms with Gasteiger partial charge in [0.15, 0.2) is 0 Å². The fourth-order valence-corrected chi connectivity index (χ4v) is 4.02. The number of aliphatic hydroxyl groups excluding tert-OH is 1. The quantitative estimate of drug-likeness (QED) is 0.333. The van der Waals surface area contributed by atoms with E-state index in [2.05, 4.69) is 10.6 Å². The lowest BCUT2D eigenvalue weighted by Crippen LogP contribution is -2.41. The summed E-state index contributed by atoms with van der Waals surface area (Å²) in [6.45, 7) is -0.244. The van der Waals surface area contributed by atoms with Gasteiger partial charge in [0.05, 0.1) is 43.5 Å². The van der Waals surface area contributed by atoms with Crippen LogP contribution in [0.3, 0.4) is 0 Å². The lowest BCUT2D eigenvalue weighted by Gasteiger charge is -2.24. The molecule has 0 saturated heterocycles. The van der Waals surface area contributed by atoms with Gasteiger partial charge in [-0.15, -0.1) is 0 Å². The van der Waals surface area contributed by atoms with Gasteiger partial charge in [-0.3, -0.25) is 14.5 Å². The maximum atomic E-state index is 12.8. The zero-order chi connectivity index (χ0) is 26.1. The van der Waals surface area contributed by atoms with Gasteiger partial charge in [0, 0.05) is 17.9 Å². The third-order valence-electron chi connectivity index (χ3n) is 5.22. The van der Waals surface area contributed by atoms with Crippen molar-refractivity contribution < 1.29 is 24.2 Å². The molecule has 3 N–H and O–H groups in total. The summed E-state index contributed by atoms with van der Waals surface area (Å²) in [6, 6.07) is 18.8. The molecule has 3 aromatic rings. The molecule has 0 fully saturated rings. The summed E-state index contributed by atoms with van der Waals surface area (Å²) in [5, 5.41) is 16.9. The van der Waals surface area contributed by atoms with Crippen LogP contribution in [-0.4, -0.2) is 55.7 Å². The number of rotatable bonds is 11.